The Hall–Kier alpha value is -2.76. The summed E-state index contributed by atoms with van der Waals surface area (Å²) in [5, 5.41) is 2.89. The predicted molar refractivity (Wildman–Crippen MR) is 94.1 cm³/mol. The smallest absolute Gasteiger partial charge is 0.269 e. The number of pyridine rings is 1. The molecule has 0 saturated heterocycles. The maximum absolute atomic E-state index is 12.2. The maximum Gasteiger partial charge on any atom is 0.269 e. The van der Waals surface area contributed by atoms with Gasteiger partial charge in [0.05, 0.1) is 14.2 Å². The Morgan fingerprint density at radius 2 is 1.88 bits per heavy atom. The third-order valence-corrected chi connectivity index (χ3v) is 3.57. The number of nitrogens with zero attached hydrogens (tertiary/aromatic N) is 2. The fourth-order valence-corrected chi connectivity index (χ4v) is 2.25. The van der Waals surface area contributed by atoms with E-state index in [2.05, 4.69) is 10.3 Å². The van der Waals surface area contributed by atoms with Crippen LogP contribution in [0.25, 0.3) is 0 Å². The van der Waals surface area contributed by atoms with Gasteiger partial charge in [0.15, 0.2) is 11.5 Å². The van der Waals surface area contributed by atoms with Crippen molar-refractivity contribution in [3.8, 4) is 11.5 Å². The van der Waals surface area contributed by atoms with Crippen molar-refractivity contribution in [1.29, 1.82) is 0 Å². The summed E-state index contributed by atoms with van der Waals surface area (Å²) in [4.78, 5) is 18.4. The third kappa shape index (κ3) is 4.38. The monoisotopic (exact) mass is 329 g/mol. The SMILES string of the molecule is COc1ccc(CCNC(=O)c2cccc(N(C)C)n2)cc1OC. The molecule has 128 valence electrons. The highest BCUT2D eigenvalue weighted by atomic mass is 16.5. The molecule has 0 bridgehead atoms. The number of aromatic nitrogens is 1. The number of carbonyl (C=O) groups is 1. The summed E-state index contributed by atoms with van der Waals surface area (Å²) in [7, 11) is 6.99. The van der Waals surface area contributed by atoms with Crippen molar-refractivity contribution < 1.29 is 14.3 Å². The Balaban J connectivity index is 1.94. The number of hydrogen-bond acceptors (Lipinski definition) is 5. The van der Waals surface area contributed by atoms with Gasteiger partial charge in [-0.1, -0.05) is 12.1 Å². The first-order valence-corrected chi connectivity index (χ1v) is 7.68. The standard InChI is InChI=1S/C18H23N3O3/c1-21(2)17-7-5-6-14(20-17)18(22)19-11-10-13-8-9-15(23-3)16(12-13)24-4/h5-9,12H,10-11H2,1-4H3,(H,19,22). The molecule has 1 heterocycles. The molecule has 0 aliphatic rings. The molecule has 0 saturated carbocycles. The van der Waals surface area contributed by atoms with E-state index < -0.39 is 0 Å². The summed E-state index contributed by atoms with van der Waals surface area (Å²) in [5.41, 5.74) is 1.47. The van der Waals surface area contributed by atoms with Crippen LogP contribution in [0.2, 0.25) is 0 Å². The Bertz CT molecular complexity index is 702. The van der Waals surface area contributed by atoms with Crippen molar-refractivity contribution in [3.05, 3.63) is 47.7 Å². The topological polar surface area (TPSA) is 63.7 Å². The van der Waals surface area contributed by atoms with E-state index in [1.54, 1.807) is 20.3 Å². The number of benzene rings is 1. The highest BCUT2D eigenvalue weighted by Crippen LogP contribution is 2.27. The summed E-state index contributed by atoms with van der Waals surface area (Å²) in [6, 6.07) is 11.1. The molecule has 0 unspecified atom stereocenters. The molecular formula is C18H23N3O3. The summed E-state index contributed by atoms with van der Waals surface area (Å²) in [5.74, 6) is 1.94. The van der Waals surface area contributed by atoms with Crippen molar-refractivity contribution in [1.82, 2.24) is 10.3 Å². The minimum atomic E-state index is -0.181. The second-order valence-electron chi connectivity index (χ2n) is 5.47. The van der Waals surface area contributed by atoms with Crippen LogP contribution >= 0.6 is 0 Å². The van der Waals surface area contributed by atoms with Crippen LogP contribution in [0.1, 0.15) is 16.1 Å². The van der Waals surface area contributed by atoms with Gasteiger partial charge in [0.2, 0.25) is 0 Å². The normalized spacial score (nSPS) is 10.2. The first-order chi connectivity index (χ1) is 11.5. The minimum Gasteiger partial charge on any atom is -0.493 e. The fraction of sp³-hybridized carbons (Fsp3) is 0.333. The molecule has 1 aromatic carbocycles. The molecule has 0 spiro atoms. The van der Waals surface area contributed by atoms with Gasteiger partial charge in [0.25, 0.3) is 5.91 Å². The van der Waals surface area contributed by atoms with Crippen molar-refractivity contribution in [2.45, 2.75) is 6.42 Å². The molecule has 1 N–H and O–H groups in total. The van der Waals surface area contributed by atoms with E-state index in [1.165, 1.54) is 0 Å². The molecule has 0 aliphatic carbocycles. The predicted octanol–water partition coefficient (Wildman–Crippen LogP) is 2.14. The van der Waals surface area contributed by atoms with Crippen molar-refractivity contribution in [2.75, 3.05) is 39.8 Å². The Labute approximate surface area is 142 Å². The number of amides is 1. The first kappa shape index (κ1) is 17.6. The summed E-state index contributed by atoms with van der Waals surface area (Å²) >= 11 is 0. The van der Waals surface area contributed by atoms with E-state index >= 15 is 0 Å². The van der Waals surface area contributed by atoms with Crippen molar-refractivity contribution >= 4 is 11.7 Å². The number of ether oxygens (including phenoxy) is 2. The van der Waals surface area contributed by atoms with Gasteiger partial charge in [-0.25, -0.2) is 4.98 Å². The van der Waals surface area contributed by atoms with E-state index in [9.17, 15) is 4.79 Å². The Kier molecular flexibility index (Phi) is 6.01. The van der Waals surface area contributed by atoms with Gasteiger partial charge in [0.1, 0.15) is 11.5 Å². The number of rotatable bonds is 7. The van der Waals surface area contributed by atoms with Crippen LogP contribution in [0.5, 0.6) is 11.5 Å². The van der Waals surface area contributed by atoms with Crippen molar-refractivity contribution in [3.63, 3.8) is 0 Å². The molecular weight excluding hydrogens is 306 g/mol. The highest BCUT2D eigenvalue weighted by molar-refractivity contribution is 5.92. The number of hydrogen-bond donors (Lipinski definition) is 1. The lowest BCUT2D eigenvalue weighted by Crippen LogP contribution is -2.27. The molecule has 0 atom stereocenters. The number of methoxy groups -OCH3 is 2. The third-order valence-electron chi connectivity index (χ3n) is 3.57. The van der Waals surface area contributed by atoms with Crippen molar-refractivity contribution in [2.24, 2.45) is 0 Å². The maximum atomic E-state index is 12.2. The fourth-order valence-electron chi connectivity index (χ4n) is 2.25. The van der Waals surface area contributed by atoms with E-state index in [0.717, 1.165) is 11.4 Å². The first-order valence-electron chi connectivity index (χ1n) is 7.68. The lowest BCUT2D eigenvalue weighted by Gasteiger charge is -2.12. The zero-order chi connectivity index (χ0) is 17.5. The van der Waals surface area contributed by atoms with Gasteiger partial charge in [-0.2, -0.15) is 0 Å². The number of nitrogens with one attached hydrogen (secondary N) is 1. The van der Waals surface area contributed by atoms with Gasteiger partial charge >= 0.3 is 0 Å². The highest BCUT2D eigenvalue weighted by Gasteiger charge is 2.09. The van der Waals surface area contributed by atoms with Gasteiger partial charge in [0, 0.05) is 20.6 Å². The van der Waals surface area contributed by atoms with Gasteiger partial charge in [-0.15, -0.1) is 0 Å². The average molecular weight is 329 g/mol. The number of carbonyl (C=O) groups excluding carboxylic acids is 1. The lowest BCUT2D eigenvalue weighted by molar-refractivity contribution is 0.0949. The molecule has 2 aromatic rings. The molecule has 24 heavy (non-hydrogen) atoms. The molecule has 1 amide bonds. The van der Waals surface area contributed by atoms with E-state index in [4.69, 9.17) is 9.47 Å². The second-order valence-corrected chi connectivity index (χ2v) is 5.47. The average Bonchev–Trinajstić information content (AvgIpc) is 2.61. The van der Waals surface area contributed by atoms with E-state index in [-0.39, 0.29) is 5.91 Å². The quantitative estimate of drug-likeness (QED) is 0.843. The Morgan fingerprint density at radius 1 is 1.12 bits per heavy atom. The molecule has 0 aliphatic heterocycles. The number of anilines is 1. The zero-order valence-electron chi connectivity index (χ0n) is 14.5. The zero-order valence-corrected chi connectivity index (χ0v) is 14.5. The van der Waals surface area contributed by atoms with Crippen LogP contribution in [0.4, 0.5) is 5.82 Å². The van der Waals surface area contributed by atoms with Gasteiger partial charge < -0.3 is 19.7 Å². The second kappa shape index (κ2) is 8.19. The van der Waals surface area contributed by atoms with Crippen LogP contribution < -0.4 is 19.7 Å². The summed E-state index contributed by atoms with van der Waals surface area (Å²) in [6.07, 6.45) is 0.694. The van der Waals surface area contributed by atoms with Gasteiger partial charge in [-0.3, -0.25) is 4.79 Å². The largest absolute Gasteiger partial charge is 0.493 e. The van der Waals surface area contributed by atoms with Crippen LogP contribution in [0, 0.1) is 0 Å². The van der Waals surface area contributed by atoms with Crippen LogP contribution in [0.3, 0.4) is 0 Å². The van der Waals surface area contributed by atoms with E-state index in [0.29, 0.717) is 30.2 Å². The van der Waals surface area contributed by atoms with Crippen LogP contribution in [0.15, 0.2) is 36.4 Å². The molecule has 0 fully saturated rings. The van der Waals surface area contributed by atoms with Crippen LogP contribution in [-0.4, -0.2) is 45.8 Å². The van der Waals surface area contributed by atoms with Gasteiger partial charge in [-0.05, 0) is 36.2 Å². The summed E-state index contributed by atoms with van der Waals surface area (Å²) in [6.45, 7) is 0.516. The lowest BCUT2D eigenvalue weighted by atomic mass is 10.1. The molecule has 0 radical (unpaired) electrons. The van der Waals surface area contributed by atoms with Crippen LogP contribution in [-0.2, 0) is 6.42 Å². The minimum absolute atomic E-state index is 0.181. The summed E-state index contributed by atoms with van der Waals surface area (Å²) < 4.78 is 10.5. The molecule has 6 heteroatoms. The molecule has 2 rings (SSSR count). The Morgan fingerprint density at radius 3 is 2.54 bits per heavy atom. The molecule has 1 aromatic heterocycles. The van der Waals surface area contributed by atoms with E-state index in [1.807, 2.05) is 49.3 Å². The molecule has 6 nitrogen and oxygen atoms in total.